The van der Waals surface area contributed by atoms with Gasteiger partial charge in [0.1, 0.15) is 0 Å². The van der Waals surface area contributed by atoms with Crippen LogP contribution in [0.2, 0.25) is 5.02 Å². The van der Waals surface area contributed by atoms with Crippen molar-refractivity contribution in [3.05, 3.63) is 59.1 Å². The molecule has 2 rings (SSSR count). The van der Waals surface area contributed by atoms with Gasteiger partial charge in [-0.15, -0.1) is 0 Å². The molecule has 0 amide bonds. The zero-order chi connectivity index (χ0) is 13.2. The number of nitrogens with one attached hydrogen (secondary N) is 1. The Bertz CT molecular complexity index is 506. The van der Waals surface area contributed by atoms with Crippen LogP contribution < -0.4 is 5.32 Å². The first kappa shape index (κ1) is 13.0. The second kappa shape index (κ2) is 5.03. The molecule has 0 saturated carbocycles. The maximum absolute atomic E-state index is 5.86. The minimum Gasteiger partial charge on any atom is -0.356 e. The number of halogens is 1. The average molecular weight is 260 g/mol. The minimum atomic E-state index is 0.193. The molecule has 0 bridgehead atoms. The first-order chi connectivity index (χ1) is 8.45. The van der Waals surface area contributed by atoms with Crippen LogP contribution in [0.25, 0.3) is 0 Å². The first-order valence-electron chi connectivity index (χ1n) is 6.08. The predicted molar refractivity (Wildman–Crippen MR) is 79.9 cm³/mol. The Balaban J connectivity index is 2.13. The molecule has 0 radical (unpaired) electrons. The quantitative estimate of drug-likeness (QED) is 0.763. The Hall–Kier alpha value is -1.47. The van der Waals surface area contributed by atoms with Crippen molar-refractivity contribution in [1.82, 2.24) is 0 Å². The van der Waals surface area contributed by atoms with E-state index in [-0.39, 0.29) is 5.41 Å². The van der Waals surface area contributed by atoms with Crippen molar-refractivity contribution < 1.29 is 0 Å². The summed E-state index contributed by atoms with van der Waals surface area (Å²) in [5.41, 5.74) is 3.66. The van der Waals surface area contributed by atoms with Gasteiger partial charge >= 0.3 is 0 Å². The van der Waals surface area contributed by atoms with Crippen LogP contribution in [0.15, 0.2) is 48.5 Å². The SMILES string of the molecule is CC(C)(C)c1ccc(Nc2ccc(Cl)cc2)cc1. The van der Waals surface area contributed by atoms with Gasteiger partial charge in [-0.2, -0.15) is 0 Å². The molecule has 0 aliphatic heterocycles. The number of anilines is 2. The van der Waals surface area contributed by atoms with Crippen LogP contribution in [0.5, 0.6) is 0 Å². The summed E-state index contributed by atoms with van der Waals surface area (Å²) in [7, 11) is 0. The Labute approximate surface area is 114 Å². The summed E-state index contributed by atoms with van der Waals surface area (Å²) < 4.78 is 0. The zero-order valence-electron chi connectivity index (χ0n) is 11.0. The Kier molecular flexibility index (Phi) is 3.63. The van der Waals surface area contributed by atoms with Crippen molar-refractivity contribution in [3.63, 3.8) is 0 Å². The third kappa shape index (κ3) is 3.27. The summed E-state index contributed by atoms with van der Waals surface area (Å²) in [6.45, 7) is 6.65. The highest BCUT2D eigenvalue weighted by Gasteiger charge is 2.12. The van der Waals surface area contributed by atoms with E-state index in [1.807, 2.05) is 24.3 Å². The average Bonchev–Trinajstić information content (AvgIpc) is 2.32. The van der Waals surface area contributed by atoms with Gasteiger partial charge in [0.15, 0.2) is 0 Å². The topological polar surface area (TPSA) is 12.0 Å². The van der Waals surface area contributed by atoms with Gasteiger partial charge in [-0.05, 0) is 47.4 Å². The van der Waals surface area contributed by atoms with Gasteiger partial charge in [0.25, 0.3) is 0 Å². The smallest absolute Gasteiger partial charge is 0.0407 e. The lowest BCUT2D eigenvalue weighted by atomic mass is 9.87. The zero-order valence-corrected chi connectivity index (χ0v) is 11.8. The van der Waals surface area contributed by atoms with E-state index in [1.165, 1.54) is 5.56 Å². The molecule has 2 aromatic rings. The van der Waals surface area contributed by atoms with Crippen molar-refractivity contribution in [2.24, 2.45) is 0 Å². The van der Waals surface area contributed by atoms with Gasteiger partial charge in [0.05, 0.1) is 0 Å². The molecule has 0 fully saturated rings. The highest BCUT2D eigenvalue weighted by Crippen LogP contribution is 2.25. The van der Waals surface area contributed by atoms with Crippen molar-refractivity contribution in [1.29, 1.82) is 0 Å². The molecule has 2 heteroatoms. The second-order valence-corrected chi connectivity index (χ2v) is 5.90. The number of benzene rings is 2. The fourth-order valence-corrected chi connectivity index (χ4v) is 1.88. The summed E-state index contributed by atoms with van der Waals surface area (Å²) in [4.78, 5) is 0. The lowest BCUT2D eigenvalue weighted by Gasteiger charge is -2.19. The number of hydrogen-bond acceptors (Lipinski definition) is 1. The molecule has 0 spiro atoms. The summed E-state index contributed by atoms with van der Waals surface area (Å²) in [5, 5.41) is 4.10. The second-order valence-electron chi connectivity index (χ2n) is 5.46. The van der Waals surface area contributed by atoms with E-state index in [4.69, 9.17) is 11.6 Å². The monoisotopic (exact) mass is 259 g/mol. The van der Waals surface area contributed by atoms with Crippen LogP contribution in [0, 0.1) is 0 Å². The van der Waals surface area contributed by atoms with Crippen LogP contribution in [-0.2, 0) is 5.41 Å². The van der Waals surface area contributed by atoms with Crippen molar-refractivity contribution in [2.75, 3.05) is 5.32 Å². The van der Waals surface area contributed by atoms with Crippen LogP contribution in [0.1, 0.15) is 26.3 Å². The third-order valence-electron chi connectivity index (χ3n) is 2.88. The molecule has 2 aromatic carbocycles. The fourth-order valence-electron chi connectivity index (χ4n) is 1.75. The first-order valence-corrected chi connectivity index (χ1v) is 6.46. The van der Waals surface area contributed by atoms with Gasteiger partial charge in [-0.3, -0.25) is 0 Å². The molecule has 0 saturated heterocycles. The standard InChI is InChI=1S/C16H18ClN/c1-16(2,3)12-4-8-14(9-5-12)18-15-10-6-13(17)7-11-15/h4-11,18H,1-3H3. The van der Waals surface area contributed by atoms with Crippen LogP contribution >= 0.6 is 11.6 Å². The van der Waals surface area contributed by atoms with Gasteiger partial charge in [0.2, 0.25) is 0 Å². The van der Waals surface area contributed by atoms with Crippen LogP contribution in [0.4, 0.5) is 11.4 Å². The summed E-state index contributed by atoms with van der Waals surface area (Å²) in [5.74, 6) is 0. The highest BCUT2D eigenvalue weighted by molar-refractivity contribution is 6.30. The van der Waals surface area contributed by atoms with E-state index in [1.54, 1.807) is 0 Å². The highest BCUT2D eigenvalue weighted by atomic mass is 35.5. The Morgan fingerprint density at radius 3 is 1.67 bits per heavy atom. The molecule has 0 atom stereocenters. The van der Waals surface area contributed by atoms with Crippen molar-refractivity contribution in [3.8, 4) is 0 Å². The third-order valence-corrected chi connectivity index (χ3v) is 3.14. The molecular formula is C16H18ClN. The molecule has 0 heterocycles. The molecule has 94 valence electrons. The maximum Gasteiger partial charge on any atom is 0.0407 e. The molecule has 0 unspecified atom stereocenters. The summed E-state index contributed by atoms with van der Waals surface area (Å²) >= 11 is 5.86. The van der Waals surface area contributed by atoms with E-state index >= 15 is 0 Å². The predicted octanol–water partition coefficient (Wildman–Crippen LogP) is 5.38. The molecule has 1 nitrogen and oxygen atoms in total. The number of hydrogen-bond donors (Lipinski definition) is 1. The van der Waals surface area contributed by atoms with Gasteiger partial charge in [-0.25, -0.2) is 0 Å². The van der Waals surface area contributed by atoms with E-state index < -0.39 is 0 Å². The molecule has 0 aliphatic carbocycles. The lowest BCUT2D eigenvalue weighted by Crippen LogP contribution is -2.10. The van der Waals surface area contributed by atoms with Gasteiger partial charge < -0.3 is 5.32 Å². The van der Waals surface area contributed by atoms with Gasteiger partial charge in [-0.1, -0.05) is 44.5 Å². The minimum absolute atomic E-state index is 0.193. The van der Waals surface area contributed by atoms with E-state index in [2.05, 4.69) is 50.4 Å². The number of rotatable bonds is 2. The Morgan fingerprint density at radius 2 is 1.22 bits per heavy atom. The fraction of sp³-hybridized carbons (Fsp3) is 0.250. The molecular weight excluding hydrogens is 242 g/mol. The molecule has 0 aromatic heterocycles. The largest absolute Gasteiger partial charge is 0.356 e. The summed E-state index contributed by atoms with van der Waals surface area (Å²) in [6, 6.07) is 16.3. The van der Waals surface area contributed by atoms with Crippen LogP contribution in [-0.4, -0.2) is 0 Å². The Morgan fingerprint density at radius 1 is 0.778 bits per heavy atom. The lowest BCUT2D eigenvalue weighted by molar-refractivity contribution is 0.590. The maximum atomic E-state index is 5.86. The van der Waals surface area contributed by atoms with Crippen molar-refractivity contribution in [2.45, 2.75) is 26.2 Å². The van der Waals surface area contributed by atoms with Crippen molar-refractivity contribution >= 4 is 23.0 Å². The molecule has 18 heavy (non-hydrogen) atoms. The molecule has 0 aliphatic rings. The summed E-state index contributed by atoms with van der Waals surface area (Å²) in [6.07, 6.45) is 0. The molecule has 1 N–H and O–H groups in total. The van der Waals surface area contributed by atoms with E-state index in [0.717, 1.165) is 16.4 Å². The normalized spacial score (nSPS) is 11.3. The van der Waals surface area contributed by atoms with E-state index in [0.29, 0.717) is 0 Å². The van der Waals surface area contributed by atoms with Crippen LogP contribution in [0.3, 0.4) is 0 Å². The van der Waals surface area contributed by atoms with Gasteiger partial charge in [0, 0.05) is 16.4 Å². The van der Waals surface area contributed by atoms with E-state index in [9.17, 15) is 0 Å².